The highest BCUT2D eigenvalue weighted by molar-refractivity contribution is 5.85. The molecule has 2 heteroatoms. The molecular weight excluding hydrogens is 304 g/mol. The van der Waals surface area contributed by atoms with Crippen LogP contribution in [0.4, 0.5) is 0 Å². The van der Waals surface area contributed by atoms with Crippen LogP contribution < -0.4 is 0 Å². The van der Waals surface area contributed by atoms with Crippen molar-refractivity contribution in [2.24, 2.45) is 0 Å². The fourth-order valence-corrected chi connectivity index (χ4v) is 2.88. The van der Waals surface area contributed by atoms with Crippen LogP contribution in [-0.4, -0.2) is 9.97 Å². The highest BCUT2D eigenvalue weighted by Gasteiger charge is 1.98. The molecule has 2 nitrogen and oxygen atoms in total. The van der Waals surface area contributed by atoms with Crippen LogP contribution in [0.15, 0.2) is 103 Å². The van der Waals surface area contributed by atoms with Gasteiger partial charge >= 0.3 is 0 Å². The number of nitrogens with one attached hydrogen (secondary N) is 1. The number of benzene rings is 3. The number of aromatic amines is 1. The van der Waals surface area contributed by atoms with Crippen molar-refractivity contribution in [3.05, 3.63) is 103 Å². The van der Waals surface area contributed by atoms with E-state index in [1.165, 1.54) is 27.4 Å². The molecular formula is C23H18N2. The standard InChI is InChI=1S/C14H11N.C9H7N/c1-2-4-11(5-3-1)12-6-7-14-13(10-12)8-9-15-14;1-2-6-9-8(4-1)5-3-7-10-9/h1-10,15H;1-7H. The fourth-order valence-electron chi connectivity index (χ4n) is 2.88. The van der Waals surface area contributed by atoms with Gasteiger partial charge in [0.05, 0.1) is 5.52 Å². The molecule has 0 unspecified atom stereocenters. The lowest BCUT2D eigenvalue weighted by molar-refractivity contribution is 1.41. The van der Waals surface area contributed by atoms with Crippen molar-refractivity contribution in [2.75, 3.05) is 0 Å². The first-order valence-electron chi connectivity index (χ1n) is 8.32. The zero-order chi connectivity index (χ0) is 16.9. The molecule has 0 atom stereocenters. The second-order valence-corrected chi connectivity index (χ2v) is 5.84. The monoisotopic (exact) mass is 322 g/mol. The number of rotatable bonds is 1. The highest BCUT2D eigenvalue weighted by atomic mass is 14.7. The molecule has 0 aliphatic heterocycles. The van der Waals surface area contributed by atoms with Crippen molar-refractivity contribution in [2.45, 2.75) is 0 Å². The van der Waals surface area contributed by atoms with Gasteiger partial charge in [0.25, 0.3) is 0 Å². The molecule has 3 aromatic carbocycles. The average Bonchev–Trinajstić information content (AvgIpc) is 3.17. The van der Waals surface area contributed by atoms with Crippen LogP contribution in [0.1, 0.15) is 0 Å². The molecule has 0 aliphatic carbocycles. The van der Waals surface area contributed by atoms with E-state index in [9.17, 15) is 0 Å². The molecule has 0 fully saturated rings. The van der Waals surface area contributed by atoms with Gasteiger partial charge in [-0.1, -0.05) is 60.7 Å². The summed E-state index contributed by atoms with van der Waals surface area (Å²) in [5.41, 5.74) is 4.78. The van der Waals surface area contributed by atoms with Gasteiger partial charge in [0.15, 0.2) is 0 Å². The summed E-state index contributed by atoms with van der Waals surface area (Å²) in [5.74, 6) is 0. The van der Waals surface area contributed by atoms with E-state index < -0.39 is 0 Å². The maximum Gasteiger partial charge on any atom is 0.0701 e. The van der Waals surface area contributed by atoms with Gasteiger partial charge in [0.2, 0.25) is 0 Å². The summed E-state index contributed by atoms with van der Waals surface area (Å²) in [6.07, 6.45) is 3.78. The summed E-state index contributed by atoms with van der Waals surface area (Å²) in [7, 11) is 0. The molecule has 2 aromatic heterocycles. The largest absolute Gasteiger partial charge is 0.361 e. The molecule has 5 rings (SSSR count). The van der Waals surface area contributed by atoms with E-state index in [1.807, 2.05) is 42.7 Å². The van der Waals surface area contributed by atoms with Crippen LogP contribution in [0.25, 0.3) is 32.9 Å². The molecule has 120 valence electrons. The number of hydrogen-bond donors (Lipinski definition) is 1. The van der Waals surface area contributed by atoms with Crippen molar-refractivity contribution in [3.63, 3.8) is 0 Å². The van der Waals surface area contributed by atoms with Gasteiger partial charge in [-0.2, -0.15) is 0 Å². The lowest BCUT2D eigenvalue weighted by Gasteiger charge is -2.00. The molecule has 0 amide bonds. The Morgan fingerprint density at radius 1 is 0.600 bits per heavy atom. The van der Waals surface area contributed by atoms with Gasteiger partial charge < -0.3 is 4.98 Å². The normalized spacial score (nSPS) is 10.4. The Kier molecular flexibility index (Phi) is 4.25. The number of para-hydroxylation sites is 1. The molecule has 5 aromatic rings. The van der Waals surface area contributed by atoms with Gasteiger partial charge in [-0.25, -0.2) is 0 Å². The molecule has 0 aliphatic rings. The minimum Gasteiger partial charge on any atom is -0.361 e. The number of hydrogen-bond acceptors (Lipinski definition) is 1. The molecule has 0 saturated heterocycles. The second kappa shape index (κ2) is 7.02. The van der Waals surface area contributed by atoms with Gasteiger partial charge in [-0.05, 0) is 46.8 Å². The summed E-state index contributed by atoms with van der Waals surface area (Å²) < 4.78 is 0. The lowest BCUT2D eigenvalue weighted by atomic mass is 10.0. The van der Waals surface area contributed by atoms with E-state index in [2.05, 4.69) is 70.6 Å². The van der Waals surface area contributed by atoms with Crippen molar-refractivity contribution in [1.82, 2.24) is 9.97 Å². The van der Waals surface area contributed by atoms with Crippen LogP contribution >= 0.6 is 0 Å². The van der Waals surface area contributed by atoms with E-state index >= 15 is 0 Å². The Labute approximate surface area is 146 Å². The number of aromatic nitrogens is 2. The zero-order valence-corrected chi connectivity index (χ0v) is 13.8. The summed E-state index contributed by atoms with van der Waals surface area (Å²) in [5, 5.41) is 2.46. The van der Waals surface area contributed by atoms with Crippen LogP contribution in [0.5, 0.6) is 0 Å². The minimum absolute atomic E-state index is 1.06. The third-order valence-electron chi connectivity index (χ3n) is 4.17. The Balaban J connectivity index is 0.000000136. The van der Waals surface area contributed by atoms with E-state index in [1.54, 1.807) is 0 Å². The second-order valence-electron chi connectivity index (χ2n) is 5.84. The number of pyridine rings is 1. The Hall–Kier alpha value is -3.39. The summed E-state index contributed by atoms with van der Waals surface area (Å²) in [4.78, 5) is 7.38. The van der Waals surface area contributed by atoms with Crippen molar-refractivity contribution < 1.29 is 0 Å². The van der Waals surface area contributed by atoms with Crippen LogP contribution in [0.3, 0.4) is 0 Å². The van der Waals surface area contributed by atoms with Gasteiger partial charge in [-0.3, -0.25) is 4.98 Å². The Bertz CT molecular complexity index is 1030. The van der Waals surface area contributed by atoms with E-state index in [0.29, 0.717) is 0 Å². The van der Waals surface area contributed by atoms with Crippen LogP contribution in [0, 0.1) is 0 Å². The number of H-pyrrole nitrogens is 1. The first-order chi connectivity index (χ1) is 12.4. The maximum absolute atomic E-state index is 4.18. The van der Waals surface area contributed by atoms with Gasteiger partial charge in [-0.15, -0.1) is 0 Å². The summed E-state index contributed by atoms with van der Waals surface area (Å²) in [6, 6.07) is 31.1. The predicted molar refractivity (Wildman–Crippen MR) is 105 cm³/mol. The molecule has 25 heavy (non-hydrogen) atoms. The van der Waals surface area contributed by atoms with Gasteiger partial charge in [0, 0.05) is 23.3 Å². The number of nitrogens with zero attached hydrogens (tertiary/aromatic N) is 1. The van der Waals surface area contributed by atoms with Crippen molar-refractivity contribution >= 4 is 21.8 Å². The van der Waals surface area contributed by atoms with Crippen LogP contribution in [0.2, 0.25) is 0 Å². The quantitative estimate of drug-likeness (QED) is 0.398. The molecule has 1 N–H and O–H groups in total. The van der Waals surface area contributed by atoms with Crippen molar-refractivity contribution in [1.29, 1.82) is 0 Å². The minimum atomic E-state index is 1.06. The lowest BCUT2D eigenvalue weighted by Crippen LogP contribution is -1.76. The third-order valence-corrected chi connectivity index (χ3v) is 4.17. The SMILES string of the molecule is c1ccc(-c2ccc3[nH]ccc3c2)cc1.c1ccc2ncccc2c1. The Morgan fingerprint density at radius 2 is 1.40 bits per heavy atom. The first kappa shape index (κ1) is 15.2. The molecule has 2 heterocycles. The average molecular weight is 322 g/mol. The van der Waals surface area contributed by atoms with E-state index in [4.69, 9.17) is 0 Å². The first-order valence-corrected chi connectivity index (χ1v) is 8.32. The van der Waals surface area contributed by atoms with E-state index in [-0.39, 0.29) is 0 Å². The molecule has 0 bridgehead atoms. The van der Waals surface area contributed by atoms with Crippen molar-refractivity contribution in [3.8, 4) is 11.1 Å². The van der Waals surface area contributed by atoms with Gasteiger partial charge in [0.1, 0.15) is 0 Å². The predicted octanol–water partition coefficient (Wildman–Crippen LogP) is 6.07. The van der Waals surface area contributed by atoms with E-state index in [0.717, 1.165) is 5.52 Å². The van der Waals surface area contributed by atoms with Crippen LogP contribution in [-0.2, 0) is 0 Å². The topological polar surface area (TPSA) is 28.7 Å². The Morgan fingerprint density at radius 3 is 2.28 bits per heavy atom. The smallest absolute Gasteiger partial charge is 0.0701 e. The summed E-state index contributed by atoms with van der Waals surface area (Å²) >= 11 is 0. The molecule has 0 radical (unpaired) electrons. The fraction of sp³-hybridized carbons (Fsp3) is 0. The zero-order valence-electron chi connectivity index (χ0n) is 13.8. The summed E-state index contributed by atoms with van der Waals surface area (Å²) in [6.45, 7) is 0. The molecule has 0 saturated carbocycles. The highest BCUT2D eigenvalue weighted by Crippen LogP contribution is 2.23. The molecule has 0 spiro atoms. The third kappa shape index (κ3) is 3.43. The maximum atomic E-state index is 4.18. The number of fused-ring (bicyclic) bond motifs is 2.